The maximum absolute atomic E-state index is 11.7. The van der Waals surface area contributed by atoms with Crippen molar-refractivity contribution in [2.75, 3.05) is 5.32 Å². The fourth-order valence-electron chi connectivity index (χ4n) is 1.59. The molecule has 3 amide bonds. The van der Waals surface area contributed by atoms with Crippen molar-refractivity contribution in [3.63, 3.8) is 0 Å². The van der Waals surface area contributed by atoms with Crippen molar-refractivity contribution >= 4 is 17.6 Å². The van der Waals surface area contributed by atoms with Crippen LogP contribution in [0.1, 0.15) is 32.8 Å². The molecule has 0 aromatic heterocycles. The Bertz CT molecular complexity index is 447. The smallest absolute Gasteiger partial charge is 0.316 e. The van der Waals surface area contributed by atoms with Crippen LogP contribution in [0.25, 0.3) is 0 Å². The minimum atomic E-state index is -0.591. The summed E-state index contributed by atoms with van der Waals surface area (Å²) in [6, 6.07) is 6.57. The molecule has 5 heteroatoms. The molecule has 0 heterocycles. The van der Waals surface area contributed by atoms with Crippen LogP contribution in [0.3, 0.4) is 0 Å². The predicted octanol–water partition coefficient (Wildman–Crippen LogP) is 2.23. The van der Waals surface area contributed by atoms with E-state index in [0.717, 1.165) is 5.56 Å². The van der Waals surface area contributed by atoms with Crippen molar-refractivity contribution in [3.8, 4) is 0 Å². The molecule has 0 aliphatic heterocycles. The lowest BCUT2D eigenvalue weighted by atomic mass is 9.92. The van der Waals surface area contributed by atoms with E-state index in [1.54, 1.807) is 12.1 Å². The second-order valence-corrected chi connectivity index (χ2v) is 5.70. The number of carbonyl (C=O) groups excluding carboxylic acids is 2. The lowest BCUT2D eigenvalue weighted by molar-refractivity contribution is -0.122. The monoisotopic (exact) mass is 263 g/mol. The van der Waals surface area contributed by atoms with Crippen molar-refractivity contribution in [1.82, 2.24) is 5.32 Å². The standard InChI is InChI=1S/C14H21N3O2/c1-14(2,3)8-12(18)16-9-10-4-6-11(7-5-10)17-13(15)19/h4-7H,8-9H2,1-3H3,(H,16,18)(H3,15,17,19). The number of nitrogens with one attached hydrogen (secondary N) is 2. The van der Waals surface area contributed by atoms with E-state index in [1.807, 2.05) is 32.9 Å². The Hall–Kier alpha value is -2.04. The predicted molar refractivity (Wildman–Crippen MR) is 75.6 cm³/mol. The van der Waals surface area contributed by atoms with Gasteiger partial charge < -0.3 is 16.4 Å². The number of primary amides is 1. The Morgan fingerprint density at radius 1 is 1.16 bits per heavy atom. The fraction of sp³-hybridized carbons (Fsp3) is 0.429. The van der Waals surface area contributed by atoms with E-state index in [0.29, 0.717) is 18.7 Å². The number of nitrogens with two attached hydrogens (primary N) is 1. The van der Waals surface area contributed by atoms with Gasteiger partial charge in [-0.3, -0.25) is 4.79 Å². The second-order valence-electron chi connectivity index (χ2n) is 5.70. The largest absolute Gasteiger partial charge is 0.352 e. The number of amides is 3. The lowest BCUT2D eigenvalue weighted by Gasteiger charge is -2.17. The number of rotatable bonds is 4. The van der Waals surface area contributed by atoms with Crippen LogP contribution in [0.5, 0.6) is 0 Å². The van der Waals surface area contributed by atoms with E-state index in [1.165, 1.54) is 0 Å². The first-order chi connectivity index (χ1) is 8.76. The highest BCUT2D eigenvalue weighted by Gasteiger charge is 2.15. The maximum atomic E-state index is 11.7. The van der Waals surface area contributed by atoms with Gasteiger partial charge in [0, 0.05) is 18.7 Å². The van der Waals surface area contributed by atoms with Gasteiger partial charge in [0.2, 0.25) is 5.91 Å². The first kappa shape index (κ1) is 15.0. The van der Waals surface area contributed by atoms with Gasteiger partial charge in [-0.2, -0.15) is 0 Å². The second kappa shape index (κ2) is 6.22. The van der Waals surface area contributed by atoms with Crippen LogP contribution in [-0.4, -0.2) is 11.9 Å². The molecule has 0 fully saturated rings. The van der Waals surface area contributed by atoms with Crippen LogP contribution in [0.4, 0.5) is 10.5 Å². The van der Waals surface area contributed by atoms with Gasteiger partial charge in [0.15, 0.2) is 0 Å². The Balaban J connectivity index is 2.46. The molecule has 0 spiro atoms. The molecule has 0 unspecified atom stereocenters. The number of benzene rings is 1. The number of hydrogen-bond acceptors (Lipinski definition) is 2. The van der Waals surface area contributed by atoms with Crippen LogP contribution < -0.4 is 16.4 Å². The first-order valence-electron chi connectivity index (χ1n) is 6.18. The summed E-state index contributed by atoms with van der Waals surface area (Å²) in [5.74, 6) is 0.0341. The SMILES string of the molecule is CC(C)(C)CC(=O)NCc1ccc(NC(N)=O)cc1. The third kappa shape index (κ3) is 6.45. The van der Waals surface area contributed by atoms with E-state index in [-0.39, 0.29) is 11.3 Å². The van der Waals surface area contributed by atoms with E-state index < -0.39 is 6.03 Å². The zero-order valence-corrected chi connectivity index (χ0v) is 11.6. The van der Waals surface area contributed by atoms with Crippen molar-refractivity contribution in [2.45, 2.75) is 33.7 Å². The molecular formula is C14H21N3O2. The molecule has 0 radical (unpaired) electrons. The zero-order valence-electron chi connectivity index (χ0n) is 11.6. The van der Waals surface area contributed by atoms with Gasteiger partial charge in [0.25, 0.3) is 0 Å². The normalized spacial score (nSPS) is 10.9. The summed E-state index contributed by atoms with van der Waals surface area (Å²) < 4.78 is 0. The molecule has 0 aliphatic rings. The number of anilines is 1. The van der Waals surface area contributed by atoms with Crippen LogP contribution in [-0.2, 0) is 11.3 Å². The lowest BCUT2D eigenvalue weighted by Crippen LogP contribution is -2.27. The Labute approximate surface area is 113 Å². The Morgan fingerprint density at radius 3 is 2.21 bits per heavy atom. The van der Waals surface area contributed by atoms with Gasteiger partial charge in [-0.15, -0.1) is 0 Å². The van der Waals surface area contributed by atoms with Gasteiger partial charge in [-0.05, 0) is 23.1 Å². The van der Waals surface area contributed by atoms with Gasteiger partial charge in [-0.25, -0.2) is 4.79 Å². The van der Waals surface area contributed by atoms with Gasteiger partial charge in [0.05, 0.1) is 0 Å². The van der Waals surface area contributed by atoms with E-state index in [4.69, 9.17) is 5.73 Å². The van der Waals surface area contributed by atoms with Crippen LogP contribution in [0.2, 0.25) is 0 Å². The molecule has 5 nitrogen and oxygen atoms in total. The molecule has 0 aliphatic carbocycles. The molecule has 0 bridgehead atoms. The van der Waals surface area contributed by atoms with E-state index >= 15 is 0 Å². The van der Waals surface area contributed by atoms with Gasteiger partial charge >= 0.3 is 6.03 Å². The van der Waals surface area contributed by atoms with Crippen LogP contribution >= 0.6 is 0 Å². The van der Waals surface area contributed by atoms with Crippen molar-refractivity contribution < 1.29 is 9.59 Å². The molecule has 1 aromatic rings. The minimum absolute atomic E-state index is 0.0145. The van der Waals surface area contributed by atoms with Gasteiger partial charge in [-0.1, -0.05) is 32.9 Å². The third-order valence-electron chi connectivity index (χ3n) is 2.40. The van der Waals surface area contributed by atoms with Gasteiger partial charge in [0.1, 0.15) is 0 Å². The van der Waals surface area contributed by atoms with E-state index in [9.17, 15) is 9.59 Å². The Kier molecular flexibility index (Phi) is 4.92. The summed E-state index contributed by atoms with van der Waals surface area (Å²) in [6.45, 7) is 6.55. The highest BCUT2D eigenvalue weighted by atomic mass is 16.2. The average Bonchev–Trinajstić information content (AvgIpc) is 2.25. The molecule has 0 atom stereocenters. The van der Waals surface area contributed by atoms with Crippen molar-refractivity contribution in [2.24, 2.45) is 11.1 Å². The molecule has 0 saturated carbocycles. The number of hydrogen-bond donors (Lipinski definition) is 3. The van der Waals surface area contributed by atoms with E-state index in [2.05, 4.69) is 10.6 Å². The molecule has 1 rings (SSSR count). The molecule has 19 heavy (non-hydrogen) atoms. The minimum Gasteiger partial charge on any atom is -0.352 e. The highest BCUT2D eigenvalue weighted by molar-refractivity contribution is 5.87. The summed E-state index contributed by atoms with van der Waals surface area (Å²) in [5, 5.41) is 5.34. The molecule has 104 valence electrons. The number of carbonyl (C=O) groups is 2. The van der Waals surface area contributed by atoms with Crippen LogP contribution in [0.15, 0.2) is 24.3 Å². The summed E-state index contributed by atoms with van der Waals surface area (Å²) in [7, 11) is 0. The van der Waals surface area contributed by atoms with Crippen LogP contribution in [0, 0.1) is 5.41 Å². The molecule has 1 aromatic carbocycles. The fourth-order valence-corrected chi connectivity index (χ4v) is 1.59. The zero-order chi connectivity index (χ0) is 14.5. The molecule has 4 N–H and O–H groups in total. The summed E-state index contributed by atoms with van der Waals surface area (Å²) in [6.07, 6.45) is 0.494. The highest BCUT2D eigenvalue weighted by Crippen LogP contribution is 2.18. The Morgan fingerprint density at radius 2 is 1.74 bits per heavy atom. The average molecular weight is 263 g/mol. The number of urea groups is 1. The topological polar surface area (TPSA) is 84.2 Å². The summed E-state index contributed by atoms with van der Waals surface area (Å²) in [5.41, 5.74) is 6.60. The van der Waals surface area contributed by atoms with Crippen molar-refractivity contribution in [1.29, 1.82) is 0 Å². The quantitative estimate of drug-likeness (QED) is 0.778. The molecule has 0 saturated heterocycles. The summed E-state index contributed by atoms with van der Waals surface area (Å²) in [4.78, 5) is 22.3. The molecular weight excluding hydrogens is 242 g/mol. The van der Waals surface area contributed by atoms with Crippen molar-refractivity contribution in [3.05, 3.63) is 29.8 Å². The summed E-state index contributed by atoms with van der Waals surface area (Å²) >= 11 is 0. The first-order valence-corrected chi connectivity index (χ1v) is 6.18. The third-order valence-corrected chi connectivity index (χ3v) is 2.40. The maximum Gasteiger partial charge on any atom is 0.316 e.